The van der Waals surface area contributed by atoms with Gasteiger partial charge in [0.25, 0.3) is 0 Å². The lowest BCUT2D eigenvalue weighted by atomic mass is 9.92. The first-order valence-electron chi connectivity index (χ1n) is 10.1. The number of amides is 1. The molecule has 1 saturated carbocycles. The van der Waals surface area contributed by atoms with Crippen LogP contribution in [-0.2, 0) is 9.53 Å². The molecule has 2 heterocycles. The summed E-state index contributed by atoms with van der Waals surface area (Å²) in [7, 11) is 0. The van der Waals surface area contributed by atoms with Gasteiger partial charge in [-0.2, -0.15) is 0 Å². The number of rotatable bonds is 5. The van der Waals surface area contributed by atoms with Crippen LogP contribution >= 0.6 is 0 Å². The van der Waals surface area contributed by atoms with Crippen molar-refractivity contribution in [2.75, 3.05) is 13.2 Å². The minimum absolute atomic E-state index is 0.178. The van der Waals surface area contributed by atoms with Gasteiger partial charge in [0.15, 0.2) is 0 Å². The summed E-state index contributed by atoms with van der Waals surface area (Å²) in [6.45, 7) is 1.57. The Morgan fingerprint density at radius 1 is 1.19 bits per heavy atom. The van der Waals surface area contributed by atoms with Crippen molar-refractivity contribution < 1.29 is 14.3 Å². The van der Waals surface area contributed by atoms with Crippen LogP contribution in [0.4, 0.5) is 0 Å². The Morgan fingerprint density at radius 3 is 2.89 bits per heavy atom. The average Bonchev–Trinajstić information content (AvgIpc) is 2.70. The Labute approximate surface area is 160 Å². The highest BCUT2D eigenvalue weighted by molar-refractivity contribution is 5.79. The van der Waals surface area contributed by atoms with Crippen LogP contribution in [0.5, 0.6) is 5.75 Å². The molecule has 4 rings (SSSR count). The summed E-state index contributed by atoms with van der Waals surface area (Å²) >= 11 is 0. The first kappa shape index (κ1) is 18.2. The molecule has 144 valence electrons. The molecule has 2 aromatic rings. The number of carbonyl (C=O) groups is 1. The summed E-state index contributed by atoms with van der Waals surface area (Å²) in [5, 5.41) is 4.32. The molecule has 1 atom stereocenters. The van der Waals surface area contributed by atoms with Crippen LogP contribution in [0.1, 0.15) is 44.9 Å². The summed E-state index contributed by atoms with van der Waals surface area (Å²) < 4.78 is 11.7. The van der Waals surface area contributed by atoms with E-state index >= 15 is 0 Å². The Balaban J connectivity index is 1.23. The van der Waals surface area contributed by atoms with E-state index in [0.717, 1.165) is 68.4 Å². The molecule has 1 saturated heterocycles. The van der Waals surface area contributed by atoms with Gasteiger partial charge in [0, 0.05) is 37.3 Å². The van der Waals surface area contributed by atoms with Gasteiger partial charge in [0.05, 0.1) is 11.6 Å². The van der Waals surface area contributed by atoms with Crippen LogP contribution in [0, 0.1) is 5.92 Å². The van der Waals surface area contributed by atoms with Crippen LogP contribution < -0.4 is 10.1 Å². The van der Waals surface area contributed by atoms with Crippen molar-refractivity contribution in [1.82, 2.24) is 10.3 Å². The van der Waals surface area contributed by atoms with Crippen molar-refractivity contribution in [2.45, 2.75) is 57.1 Å². The molecule has 5 heteroatoms. The van der Waals surface area contributed by atoms with Gasteiger partial charge in [-0.1, -0.05) is 6.07 Å². The third-order valence-corrected chi connectivity index (χ3v) is 5.65. The van der Waals surface area contributed by atoms with Crippen LogP contribution in [0.3, 0.4) is 0 Å². The highest BCUT2D eigenvalue weighted by atomic mass is 16.5. The van der Waals surface area contributed by atoms with Gasteiger partial charge in [-0.05, 0) is 68.7 Å². The van der Waals surface area contributed by atoms with Crippen LogP contribution in [0.25, 0.3) is 10.9 Å². The number of nitrogens with zero attached hydrogens (tertiary/aromatic N) is 1. The molecule has 5 nitrogen and oxygen atoms in total. The maximum Gasteiger partial charge on any atom is 0.220 e. The average molecular weight is 368 g/mol. The summed E-state index contributed by atoms with van der Waals surface area (Å²) in [6.07, 6.45) is 8.71. The Hall–Kier alpha value is -2.14. The van der Waals surface area contributed by atoms with E-state index in [9.17, 15) is 4.79 Å². The second kappa shape index (κ2) is 8.70. The number of benzene rings is 1. The number of nitrogens with one attached hydrogen (secondary N) is 1. The molecule has 1 unspecified atom stereocenters. The molecule has 0 spiro atoms. The predicted molar refractivity (Wildman–Crippen MR) is 105 cm³/mol. The summed E-state index contributed by atoms with van der Waals surface area (Å²) in [6, 6.07) is 10.3. The van der Waals surface area contributed by atoms with Crippen molar-refractivity contribution in [3.05, 3.63) is 36.5 Å². The van der Waals surface area contributed by atoms with Crippen LogP contribution in [-0.4, -0.2) is 36.3 Å². The fourth-order valence-corrected chi connectivity index (χ4v) is 4.16. The maximum absolute atomic E-state index is 12.3. The van der Waals surface area contributed by atoms with E-state index in [0.29, 0.717) is 12.3 Å². The number of aromatic nitrogens is 1. The fourth-order valence-electron chi connectivity index (χ4n) is 4.16. The third kappa shape index (κ3) is 4.98. The molecule has 1 aliphatic heterocycles. The Bertz CT molecular complexity index is 765. The number of fused-ring (bicyclic) bond motifs is 1. The second-order valence-corrected chi connectivity index (χ2v) is 7.80. The van der Waals surface area contributed by atoms with Crippen LogP contribution in [0.15, 0.2) is 36.5 Å². The third-order valence-electron chi connectivity index (χ3n) is 5.65. The van der Waals surface area contributed by atoms with E-state index < -0.39 is 0 Å². The van der Waals surface area contributed by atoms with E-state index in [1.54, 1.807) is 6.20 Å². The van der Waals surface area contributed by atoms with Crippen molar-refractivity contribution in [3.8, 4) is 5.75 Å². The molecule has 1 amide bonds. The van der Waals surface area contributed by atoms with Crippen molar-refractivity contribution in [1.29, 1.82) is 0 Å². The maximum atomic E-state index is 12.3. The SMILES string of the molecule is O=C(CC1CCCOC1)NC1CCC(Oc2ccc3ncccc3c2)CC1. The van der Waals surface area contributed by atoms with E-state index in [1.807, 2.05) is 18.2 Å². The topological polar surface area (TPSA) is 60.5 Å². The van der Waals surface area contributed by atoms with Crippen LogP contribution in [0.2, 0.25) is 0 Å². The number of pyridine rings is 1. The Morgan fingerprint density at radius 2 is 2.07 bits per heavy atom. The second-order valence-electron chi connectivity index (χ2n) is 7.80. The van der Waals surface area contributed by atoms with E-state index in [4.69, 9.17) is 9.47 Å². The molecule has 0 bridgehead atoms. The smallest absolute Gasteiger partial charge is 0.220 e. The number of hydrogen-bond acceptors (Lipinski definition) is 4. The zero-order valence-electron chi connectivity index (χ0n) is 15.7. The zero-order chi connectivity index (χ0) is 18.5. The van der Waals surface area contributed by atoms with Gasteiger partial charge in [0.2, 0.25) is 5.91 Å². The van der Waals surface area contributed by atoms with E-state index in [-0.39, 0.29) is 18.1 Å². The van der Waals surface area contributed by atoms with Gasteiger partial charge < -0.3 is 14.8 Å². The molecule has 0 radical (unpaired) electrons. The normalized spacial score (nSPS) is 25.9. The molecule has 1 N–H and O–H groups in total. The van der Waals surface area contributed by atoms with E-state index in [2.05, 4.69) is 22.4 Å². The summed E-state index contributed by atoms with van der Waals surface area (Å²) in [5.74, 6) is 1.47. The molecular weight excluding hydrogens is 340 g/mol. The first-order valence-corrected chi connectivity index (χ1v) is 10.1. The molecular formula is C22H28N2O3. The summed E-state index contributed by atoms with van der Waals surface area (Å²) in [5.41, 5.74) is 0.986. The quantitative estimate of drug-likeness (QED) is 0.871. The van der Waals surface area contributed by atoms with Crippen molar-refractivity contribution in [3.63, 3.8) is 0 Å². The lowest BCUT2D eigenvalue weighted by Gasteiger charge is -2.30. The predicted octanol–water partition coefficient (Wildman–Crippen LogP) is 3.86. The first-order chi connectivity index (χ1) is 13.3. The van der Waals surface area contributed by atoms with E-state index in [1.165, 1.54) is 0 Å². The van der Waals surface area contributed by atoms with Gasteiger partial charge in [-0.3, -0.25) is 9.78 Å². The Kier molecular flexibility index (Phi) is 5.87. The highest BCUT2D eigenvalue weighted by Gasteiger charge is 2.25. The molecule has 27 heavy (non-hydrogen) atoms. The minimum Gasteiger partial charge on any atom is -0.490 e. The lowest BCUT2D eigenvalue weighted by Crippen LogP contribution is -2.40. The van der Waals surface area contributed by atoms with Gasteiger partial charge in [0.1, 0.15) is 5.75 Å². The standard InChI is InChI=1S/C22H28N2O3/c25-22(13-16-3-2-12-26-15-16)24-18-5-7-19(8-6-18)27-20-9-10-21-17(14-20)4-1-11-23-21/h1,4,9-11,14,16,18-19H,2-3,5-8,12-13,15H2,(H,24,25). The van der Waals surface area contributed by atoms with Crippen molar-refractivity contribution in [2.24, 2.45) is 5.92 Å². The molecule has 1 aliphatic carbocycles. The van der Waals surface area contributed by atoms with Gasteiger partial charge >= 0.3 is 0 Å². The molecule has 2 fully saturated rings. The fraction of sp³-hybridized carbons (Fsp3) is 0.545. The minimum atomic E-state index is 0.178. The lowest BCUT2D eigenvalue weighted by molar-refractivity contribution is -0.124. The number of hydrogen-bond donors (Lipinski definition) is 1. The van der Waals surface area contributed by atoms with Crippen molar-refractivity contribution >= 4 is 16.8 Å². The van der Waals surface area contributed by atoms with Gasteiger partial charge in [-0.15, -0.1) is 0 Å². The monoisotopic (exact) mass is 368 g/mol. The molecule has 1 aromatic heterocycles. The number of ether oxygens (including phenoxy) is 2. The van der Waals surface area contributed by atoms with Gasteiger partial charge in [-0.25, -0.2) is 0 Å². The molecule has 2 aliphatic rings. The summed E-state index contributed by atoms with van der Waals surface area (Å²) in [4.78, 5) is 16.6. The highest BCUT2D eigenvalue weighted by Crippen LogP contribution is 2.26. The molecule has 1 aromatic carbocycles. The largest absolute Gasteiger partial charge is 0.490 e. The zero-order valence-corrected chi connectivity index (χ0v) is 15.7. The number of carbonyl (C=O) groups excluding carboxylic acids is 1.